The van der Waals surface area contributed by atoms with Gasteiger partial charge >= 0.3 is 5.97 Å². The van der Waals surface area contributed by atoms with E-state index in [1.165, 1.54) is 4.90 Å². The van der Waals surface area contributed by atoms with E-state index in [-0.39, 0.29) is 37.0 Å². The molecule has 1 saturated heterocycles. The number of carboxylic acids is 1. The zero-order valence-electron chi connectivity index (χ0n) is 22.4. The third-order valence-corrected chi connectivity index (χ3v) is 7.09. The lowest BCUT2D eigenvalue weighted by Gasteiger charge is -2.28. The van der Waals surface area contributed by atoms with E-state index in [9.17, 15) is 29.1 Å². The van der Waals surface area contributed by atoms with Crippen molar-refractivity contribution in [3.05, 3.63) is 0 Å². The second-order valence-electron chi connectivity index (χ2n) is 9.45. The molecule has 0 aromatic heterocycles. The number of carbonyl (C=O) groups excluding carboxylic acids is 4. The van der Waals surface area contributed by atoms with Crippen LogP contribution in [0.5, 0.6) is 0 Å². The van der Waals surface area contributed by atoms with Gasteiger partial charge in [0.2, 0.25) is 23.6 Å². The highest BCUT2D eigenvalue weighted by Crippen LogP contribution is 2.19. The van der Waals surface area contributed by atoms with Crippen molar-refractivity contribution in [1.82, 2.24) is 26.2 Å². The lowest BCUT2D eigenvalue weighted by molar-refractivity contribution is -0.149. The summed E-state index contributed by atoms with van der Waals surface area (Å²) in [7, 11) is 0. The van der Waals surface area contributed by atoms with E-state index in [1.54, 1.807) is 0 Å². The maximum atomic E-state index is 13.2. The average Bonchev–Trinajstić information content (AvgIpc) is 3.41. The number of rotatable bonds is 18. The third kappa shape index (κ3) is 11.8. The van der Waals surface area contributed by atoms with E-state index in [4.69, 9.17) is 22.6 Å². The van der Waals surface area contributed by atoms with Crippen molar-refractivity contribution in [1.29, 1.82) is 5.41 Å². The van der Waals surface area contributed by atoms with Crippen molar-refractivity contribution in [2.45, 2.75) is 75.2 Å². The number of unbranched alkanes of at least 4 members (excludes halogenated alkanes) is 1. The molecule has 228 valence electrons. The molecule has 0 aliphatic carbocycles. The number of guanidine groups is 1. The van der Waals surface area contributed by atoms with E-state index in [2.05, 4.69) is 46.5 Å². The highest BCUT2D eigenvalue weighted by Gasteiger charge is 2.38. The Morgan fingerprint density at radius 2 is 1.52 bits per heavy atom. The third-order valence-electron chi connectivity index (χ3n) is 6.36. The van der Waals surface area contributed by atoms with E-state index < -0.39 is 59.8 Å². The average molecular weight is 606 g/mol. The molecule has 0 aromatic rings. The Labute approximate surface area is 244 Å². The van der Waals surface area contributed by atoms with Crippen molar-refractivity contribution < 1.29 is 29.1 Å². The molecule has 4 amide bonds. The molecule has 1 aliphatic rings. The predicted octanol–water partition coefficient (Wildman–Crippen LogP) is -2.90. The van der Waals surface area contributed by atoms with E-state index in [0.717, 1.165) is 0 Å². The molecule has 1 rings (SSSR count). The second kappa shape index (κ2) is 18.6. The number of carboxylic acid groups (broad SMARTS) is 1. The lowest BCUT2D eigenvalue weighted by atomic mass is 10.1. The molecular weight excluding hydrogens is 562 g/mol. The summed E-state index contributed by atoms with van der Waals surface area (Å²) in [6.07, 6.45) is 2.98. The minimum Gasteiger partial charge on any atom is -0.480 e. The summed E-state index contributed by atoms with van der Waals surface area (Å²) in [5, 5.41) is 27.0. The highest BCUT2D eigenvalue weighted by molar-refractivity contribution is 7.80. The lowest BCUT2D eigenvalue weighted by Crippen LogP contribution is -2.59. The number of hydrogen-bond donors (Lipinski definition) is 11. The van der Waals surface area contributed by atoms with Gasteiger partial charge in [-0.2, -0.15) is 25.3 Å². The normalized spacial score (nSPS) is 17.7. The van der Waals surface area contributed by atoms with Crippen molar-refractivity contribution in [3.8, 4) is 0 Å². The van der Waals surface area contributed by atoms with Crippen LogP contribution in [-0.2, 0) is 24.0 Å². The first-order chi connectivity index (χ1) is 19.0. The van der Waals surface area contributed by atoms with Crippen molar-refractivity contribution in [2.24, 2.45) is 17.2 Å². The van der Waals surface area contributed by atoms with Crippen LogP contribution in [0.15, 0.2) is 0 Å². The highest BCUT2D eigenvalue weighted by atomic mass is 32.1. The number of thiol groups is 2. The molecule has 0 radical (unpaired) electrons. The van der Waals surface area contributed by atoms with Crippen LogP contribution in [0.1, 0.15) is 44.9 Å². The first kappa shape index (κ1) is 35.3. The Kier molecular flexibility index (Phi) is 16.4. The van der Waals surface area contributed by atoms with Gasteiger partial charge in [-0.3, -0.25) is 24.6 Å². The fourth-order valence-corrected chi connectivity index (χ4v) is 4.63. The fourth-order valence-electron chi connectivity index (χ4n) is 4.13. The van der Waals surface area contributed by atoms with Gasteiger partial charge in [0.05, 0.1) is 6.04 Å². The molecule has 1 heterocycles. The molecule has 1 fully saturated rings. The first-order valence-electron chi connectivity index (χ1n) is 13.2. The minimum atomic E-state index is -1.14. The molecule has 40 heavy (non-hydrogen) atoms. The standard InChI is InChI=1S/C23H43N9O6S2/c24-8-2-1-5-13(25)18(33)30-15(11-39)20(35)29-14(6-3-9-28-23(26)27)19(34)31-16(12-40)21(36)32-10-4-7-17(32)22(37)38/h13-17,39-40H,1-12,24-25H2,(H,29,35)(H,30,33)(H,31,34)(H,37,38)(H4,26,27,28)/t13-,14-,15-,16-,17-/m0/s1. The maximum Gasteiger partial charge on any atom is 0.326 e. The van der Waals surface area contributed by atoms with Gasteiger partial charge in [0.1, 0.15) is 24.2 Å². The molecular formula is C23H43N9O6S2. The van der Waals surface area contributed by atoms with Crippen LogP contribution in [0.25, 0.3) is 0 Å². The summed E-state index contributed by atoms with van der Waals surface area (Å²) in [5.74, 6) is -4.07. The zero-order chi connectivity index (χ0) is 30.2. The van der Waals surface area contributed by atoms with Gasteiger partial charge in [-0.05, 0) is 45.1 Å². The number of nitrogens with two attached hydrogens (primary N) is 3. The van der Waals surface area contributed by atoms with Crippen LogP contribution in [0.2, 0.25) is 0 Å². The Morgan fingerprint density at radius 3 is 2.10 bits per heavy atom. The molecule has 0 spiro atoms. The predicted molar refractivity (Wildman–Crippen MR) is 156 cm³/mol. The van der Waals surface area contributed by atoms with Gasteiger partial charge in [-0.25, -0.2) is 4.79 Å². The smallest absolute Gasteiger partial charge is 0.326 e. The number of nitrogens with one attached hydrogen (secondary N) is 5. The summed E-state index contributed by atoms with van der Waals surface area (Å²) >= 11 is 8.31. The zero-order valence-corrected chi connectivity index (χ0v) is 24.2. The largest absolute Gasteiger partial charge is 0.480 e. The molecule has 17 heteroatoms. The van der Waals surface area contributed by atoms with Crippen LogP contribution in [0.4, 0.5) is 0 Å². The number of nitrogens with zero attached hydrogens (tertiary/aromatic N) is 1. The van der Waals surface area contributed by atoms with Crippen molar-refractivity contribution >= 4 is 60.8 Å². The van der Waals surface area contributed by atoms with Crippen LogP contribution < -0.4 is 38.5 Å². The molecule has 12 N–H and O–H groups in total. The maximum absolute atomic E-state index is 13.2. The van der Waals surface area contributed by atoms with E-state index in [0.29, 0.717) is 45.1 Å². The molecule has 5 atom stereocenters. The molecule has 0 aromatic carbocycles. The summed E-state index contributed by atoms with van der Waals surface area (Å²) in [6, 6.07) is -5.19. The van der Waals surface area contributed by atoms with E-state index in [1.807, 2.05) is 0 Å². The Bertz CT molecular complexity index is 897. The second-order valence-corrected chi connectivity index (χ2v) is 10.2. The van der Waals surface area contributed by atoms with Gasteiger partial charge in [0.15, 0.2) is 5.96 Å². The van der Waals surface area contributed by atoms with E-state index >= 15 is 0 Å². The summed E-state index contributed by atoms with van der Waals surface area (Å²) in [4.78, 5) is 64.5. The molecule has 0 saturated carbocycles. The van der Waals surface area contributed by atoms with Crippen molar-refractivity contribution in [2.75, 3.05) is 31.1 Å². The summed E-state index contributed by atoms with van der Waals surface area (Å²) in [5.41, 5.74) is 16.7. The quantitative estimate of drug-likeness (QED) is 0.0328. The molecule has 0 bridgehead atoms. The minimum absolute atomic E-state index is 0.0728. The summed E-state index contributed by atoms with van der Waals surface area (Å²) < 4.78 is 0. The van der Waals surface area contributed by atoms with Crippen LogP contribution in [0.3, 0.4) is 0 Å². The van der Waals surface area contributed by atoms with Crippen LogP contribution in [0, 0.1) is 5.41 Å². The molecule has 15 nitrogen and oxygen atoms in total. The Hall–Kier alpha value is -2.76. The Morgan fingerprint density at radius 1 is 0.925 bits per heavy atom. The summed E-state index contributed by atoms with van der Waals surface area (Å²) in [6.45, 7) is 0.951. The van der Waals surface area contributed by atoms with Crippen LogP contribution >= 0.6 is 25.3 Å². The number of hydrogen-bond acceptors (Lipinski definition) is 10. The topological polar surface area (TPSA) is 259 Å². The number of carbonyl (C=O) groups is 5. The fraction of sp³-hybridized carbons (Fsp3) is 0.739. The first-order valence-corrected chi connectivity index (χ1v) is 14.4. The number of amides is 4. The van der Waals surface area contributed by atoms with Gasteiger partial charge in [0, 0.05) is 24.6 Å². The van der Waals surface area contributed by atoms with Crippen LogP contribution in [-0.4, -0.2) is 107 Å². The van der Waals surface area contributed by atoms with Gasteiger partial charge in [-0.15, -0.1) is 0 Å². The Balaban J connectivity index is 2.94. The number of likely N-dealkylation sites (tertiary alicyclic amines) is 1. The van der Waals surface area contributed by atoms with Gasteiger partial charge in [0.25, 0.3) is 0 Å². The van der Waals surface area contributed by atoms with Crippen molar-refractivity contribution in [3.63, 3.8) is 0 Å². The molecule has 1 aliphatic heterocycles. The monoisotopic (exact) mass is 605 g/mol. The molecule has 0 unspecified atom stereocenters. The SMILES string of the molecule is N=C(N)NCCC[C@H](NC(=O)[C@H](CS)NC(=O)[C@@H](N)CCCCN)C(=O)N[C@@H](CS)C(=O)N1CCC[C@H]1C(=O)O. The number of aliphatic carboxylic acids is 1. The van der Waals surface area contributed by atoms with Gasteiger partial charge in [-0.1, -0.05) is 6.42 Å². The van der Waals surface area contributed by atoms with Gasteiger partial charge < -0.3 is 48.5 Å².